The molecule has 0 aliphatic carbocycles. The average molecular weight is 302 g/mol. The van der Waals surface area contributed by atoms with E-state index in [4.69, 9.17) is 0 Å². The summed E-state index contributed by atoms with van der Waals surface area (Å²) in [6.07, 6.45) is 4.83. The number of phenolic OH excluding ortho intramolecular Hbond substituents is 1. The van der Waals surface area contributed by atoms with E-state index >= 15 is 0 Å². The SMILES string of the molecule is CC(=O)N1CCC2(CCN(Cc3ccc(O)cc3)CC2)CC1. The first-order chi connectivity index (χ1) is 10.6. The molecule has 22 heavy (non-hydrogen) atoms. The Morgan fingerprint density at radius 1 is 1.05 bits per heavy atom. The predicted molar refractivity (Wildman–Crippen MR) is 86.5 cm³/mol. The molecular formula is C18H26N2O2. The Hall–Kier alpha value is -1.55. The monoisotopic (exact) mass is 302 g/mol. The summed E-state index contributed by atoms with van der Waals surface area (Å²) in [5, 5.41) is 9.35. The molecule has 0 radical (unpaired) electrons. The van der Waals surface area contributed by atoms with Crippen molar-refractivity contribution >= 4 is 5.91 Å². The molecule has 0 atom stereocenters. The van der Waals surface area contributed by atoms with E-state index in [0.717, 1.165) is 32.7 Å². The smallest absolute Gasteiger partial charge is 0.219 e. The normalized spacial score (nSPS) is 22.0. The summed E-state index contributed by atoms with van der Waals surface area (Å²) in [7, 11) is 0. The zero-order valence-corrected chi connectivity index (χ0v) is 13.4. The quantitative estimate of drug-likeness (QED) is 0.913. The van der Waals surface area contributed by atoms with Gasteiger partial charge in [-0.2, -0.15) is 0 Å². The van der Waals surface area contributed by atoms with E-state index in [1.807, 2.05) is 17.0 Å². The Morgan fingerprint density at radius 2 is 1.59 bits per heavy atom. The van der Waals surface area contributed by atoms with E-state index in [1.54, 1.807) is 19.1 Å². The number of likely N-dealkylation sites (tertiary alicyclic amines) is 2. The standard InChI is InChI=1S/C18H26N2O2/c1-15(21)20-12-8-18(9-13-20)6-10-19(11-7-18)14-16-2-4-17(22)5-3-16/h2-5,22H,6-14H2,1H3. The van der Waals surface area contributed by atoms with Crippen molar-refractivity contribution in [1.82, 2.24) is 9.80 Å². The molecule has 0 unspecified atom stereocenters. The molecule has 3 rings (SSSR count). The lowest BCUT2D eigenvalue weighted by molar-refractivity contribution is -0.131. The summed E-state index contributed by atoms with van der Waals surface area (Å²) in [4.78, 5) is 16.0. The van der Waals surface area contributed by atoms with Gasteiger partial charge in [0, 0.05) is 26.6 Å². The highest BCUT2D eigenvalue weighted by atomic mass is 16.3. The largest absolute Gasteiger partial charge is 0.508 e. The third-order valence-corrected chi connectivity index (χ3v) is 5.53. The zero-order chi connectivity index (χ0) is 15.6. The second kappa shape index (κ2) is 6.29. The van der Waals surface area contributed by atoms with E-state index in [9.17, 15) is 9.90 Å². The Bertz CT molecular complexity index is 508. The van der Waals surface area contributed by atoms with Crippen LogP contribution in [0.3, 0.4) is 0 Å². The highest BCUT2D eigenvalue weighted by Gasteiger charge is 2.37. The maximum atomic E-state index is 11.4. The number of hydrogen-bond donors (Lipinski definition) is 1. The van der Waals surface area contributed by atoms with Crippen molar-refractivity contribution in [2.24, 2.45) is 5.41 Å². The fourth-order valence-electron chi connectivity index (χ4n) is 3.84. The third-order valence-electron chi connectivity index (χ3n) is 5.53. The van der Waals surface area contributed by atoms with Crippen molar-refractivity contribution in [3.63, 3.8) is 0 Å². The number of carbonyl (C=O) groups is 1. The number of benzene rings is 1. The summed E-state index contributed by atoms with van der Waals surface area (Å²) in [6, 6.07) is 7.53. The van der Waals surface area contributed by atoms with Gasteiger partial charge in [-0.3, -0.25) is 9.69 Å². The van der Waals surface area contributed by atoms with Gasteiger partial charge < -0.3 is 10.0 Å². The summed E-state index contributed by atoms with van der Waals surface area (Å²) in [6.45, 7) is 6.80. The number of piperidine rings is 2. The first kappa shape index (κ1) is 15.3. The predicted octanol–water partition coefficient (Wildman–Crippen LogP) is 2.62. The van der Waals surface area contributed by atoms with Gasteiger partial charge in [-0.25, -0.2) is 0 Å². The Labute approximate surface area is 132 Å². The number of rotatable bonds is 2. The number of nitrogens with zero attached hydrogens (tertiary/aromatic N) is 2. The Morgan fingerprint density at radius 3 is 2.14 bits per heavy atom. The zero-order valence-electron chi connectivity index (χ0n) is 13.4. The molecule has 2 saturated heterocycles. The van der Waals surface area contributed by atoms with Crippen molar-refractivity contribution in [3.05, 3.63) is 29.8 Å². The molecule has 0 saturated carbocycles. The van der Waals surface area contributed by atoms with Crippen molar-refractivity contribution in [2.75, 3.05) is 26.2 Å². The van der Waals surface area contributed by atoms with Gasteiger partial charge in [0.05, 0.1) is 0 Å². The molecular weight excluding hydrogens is 276 g/mol. The number of hydrogen-bond acceptors (Lipinski definition) is 3. The van der Waals surface area contributed by atoms with E-state index in [1.165, 1.54) is 31.2 Å². The van der Waals surface area contributed by atoms with Crippen LogP contribution in [-0.4, -0.2) is 47.0 Å². The fourth-order valence-corrected chi connectivity index (χ4v) is 3.84. The fraction of sp³-hybridized carbons (Fsp3) is 0.611. The molecule has 4 nitrogen and oxygen atoms in total. The van der Waals surface area contributed by atoms with Gasteiger partial charge in [0.1, 0.15) is 5.75 Å². The van der Waals surface area contributed by atoms with Crippen LogP contribution in [-0.2, 0) is 11.3 Å². The van der Waals surface area contributed by atoms with Crippen LogP contribution in [0.25, 0.3) is 0 Å². The van der Waals surface area contributed by atoms with Gasteiger partial charge in [-0.1, -0.05) is 12.1 Å². The van der Waals surface area contributed by atoms with Crippen molar-refractivity contribution in [3.8, 4) is 5.75 Å². The minimum Gasteiger partial charge on any atom is -0.508 e. The summed E-state index contributed by atoms with van der Waals surface area (Å²) in [5.41, 5.74) is 1.73. The topological polar surface area (TPSA) is 43.8 Å². The molecule has 2 heterocycles. The van der Waals surface area contributed by atoms with Gasteiger partial charge in [0.15, 0.2) is 0 Å². The third kappa shape index (κ3) is 3.43. The van der Waals surface area contributed by atoms with Gasteiger partial charge in [-0.15, -0.1) is 0 Å². The van der Waals surface area contributed by atoms with Crippen LogP contribution in [0.2, 0.25) is 0 Å². The minimum absolute atomic E-state index is 0.222. The van der Waals surface area contributed by atoms with E-state index in [2.05, 4.69) is 4.90 Å². The summed E-state index contributed by atoms with van der Waals surface area (Å²) >= 11 is 0. The number of carbonyl (C=O) groups excluding carboxylic acids is 1. The number of amides is 1. The van der Waals surface area contributed by atoms with Gasteiger partial charge in [0.25, 0.3) is 0 Å². The van der Waals surface area contributed by atoms with Gasteiger partial charge in [0.2, 0.25) is 5.91 Å². The number of phenols is 1. The molecule has 0 bridgehead atoms. The molecule has 1 spiro atoms. The van der Waals surface area contributed by atoms with Crippen molar-refractivity contribution < 1.29 is 9.90 Å². The molecule has 1 aromatic rings. The molecule has 120 valence electrons. The van der Waals surface area contributed by atoms with Crippen LogP contribution in [0.1, 0.15) is 38.2 Å². The lowest BCUT2D eigenvalue weighted by Crippen LogP contribution is -2.47. The molecule has 2 aliphatic rings. The van der Waals surface area contributed by atoms with Crippen LogP contribution in [0, 0.1) is 5.41 Å². The summed E-state index contributed by atoms with van der Waals surface area (Å²) < 4.78 is 0. The lowest BCUT2D eigenvalue weighted by Gasteiger charge is -2.46. The minimum atomic E-state index is 0.222. The lowest BCUT2D eigenvalue weighted by atomic mass is 9.71. The Kier molecular flexibility index (Phi) is 4.39. The van der Waals surface area contributed by atoms with E-state index in [0.29, 0.717) is 11.2 Å². The van der Waals surface area contributed by atoms with Crippen molar-refractivity contribution in [1.29, 1.82) is 0 Å². The van der Waals surface area contributed by atoms with E-state index < -0.39 is 0 Å². The van der Waals surface area contributed by atoms with Gasteiger partial charge in [-0.05, 0) is 61.9 Å². The van der Waals surface area contributed by atoms with Crippen molar-refractivity contribution in [2.45, 2.75) is 39.2 Å². The molecule has 0 aromatic heterocycles. The molecule has 1 aromatic carbocycles. The molecule has 1 amide bonds. The van der Waals surface area contributed by atoms with Crippen LogP contribution < -0.4 is 0 Å². The van der Waals surface area contributed by atoms with Crippen LogP contribution in [0.5, 0.6) is 5.75 Å². The molecule has 1 N–H and O–H groups in total. The molecule has 2 aliphatic heterocycles. The maximum absolute atomic E-state index is 11.4. The molecule has 4 heteroatoms. The van der Waals surface area contributed by atoms with E-state index in [-0.39, 0.29) is 5.91 Å². The first-order valence-electron chi connectivity index (χ1n) is 8.32. The van der Waals surface area contributed by atoms with Gasteiger partial charge >= 0.3 is 0 Å². The van der Waals surface area contributed by atoms with Crippen LogP contribution in [0.4, 0.5) is 0 Å². The second-order valence-electron chi connectivity index (χ2n) is 6.95. The average Bonchev–Trinajstić information content (AvgIpc) is 2.52. The summed E-state index contributed by atoms with van der Waals surface area (Å²) in [5.74, 6) is 0.554. The van der Waals surface area contributed by atoms with Crippen LogP contribution in [0.15, 0.2) is 24.3 Å². The highest BCUT2D eigenvalue weighted by molar-refractivity contribution is 5.73. The maximum Gasteiger partial charge on any atom is 0.219 e. The Balaban J connectivity index is 1.50. The molecule has 2 fully saturated rings. The second-order valence-corrected chi connectivity index (χ2v) is 6.95. The van der Waals surface area contributed by atoms with Crippen LogP contribution >= 0.6 is 0 Å². The highest BCUT2D eigenvalue weighted by Crippen LogP contribution is 2.41. The number of aromatic hydroxyl groups is 1. The first-order valence-corrected chi connectivity index (χ1v) is 8.32.